The molecule has 0 aliphatic carbocycles. The molecule has 0 amide bonds. The van der Waals surface area contributed by atoms with E-state index in [0.717, 1.165) is 43.5 Å². The molecule has 130 valence electrons. The predicted molar refractivity (Wildman–Crippen MR) is 98.3 cm³/mol. The highest BCUT2D eigenvalue weighted by molar-refractivity contribution is 7.98. The van der Waals surface area contributed by atoms with E-state index in [4.69, 9.17) is 0 Å². The van der Waals surface area contributed by atoms with E-state index in [1.54, 1.807) is 0 Å². The van der Waals surface area contributed by atoms with Crippen molar-refractivity contribution in [1.82, 2.24) is 25.4 Å². The lowest BCUT2D eigenvalue weighted by molar-refractivity contribution is 0.391. The van der Waals surface area contributed by atoms with Gasteiger partial charge in [0.05, 0.1) is 6.54 Å². The Labute approximate surface area is 143 Å². The highest BCUT2D eigenvalue weighted by Gasteiger charge is 2.22. The van der Waals surface area contributed by atoms with E-state index in [2.05, 4.69) is 50.5 Å². The van der Waals surface area contributed by atoms with Crippen LogP contribution in [0.15, 0.2) is 4.99 Å². The first-order valence-corrected chi connectivity index (χ1v) is 9.93. The van der Waals surface area contributed by atoms with E-state index in [9.17, 15) is 0 Å². The molecule has 1 aliphatic rings. The Hall–Kier alpha value is -1.24. The van der Waals surface area contributed by atoms with Crippen LogP contribution < -0.4 is 10.6 Å². The molecule has 2 rings (SSSR count). The van der Waals surface area contributed by atoms with Crippen LogP contribution >= 0.6 is 11.8 Å². The molecule has 0 bridgehead atoms. The smallest absolute Gasteiger partial charge is 0.191 e. The molecule has 1 aromatic rings. The Morgan fingerprint density at radius 2 is 2.26 bits per heavy atom. The van der Waals surface area contributed by atoms with Crippen LogP contribution in [0.3, 0.4) is 0 Å². The molecule has 0 fully saturated rings. The summed E-state index contributed by atoms with van der Waals surface area (Å²) in [5.74, 6) is 4.58. The van der Waals surface area contributed by atoms with E-state index in [0.29, 0.717) is 12.0 Å². The number of aryl methyl sites for hydroxylation is 1. The summed E-state index contributed by atoms with van der Waals surface area (Å²) in [6, 6.07) is 0.363. The zero-order valence-electron chi connectivity index (χ0n) is 14.8. The van der Waals surface area contributed by atoms with Gasteiger partial charge in [0.15, 0.2) is 11.8 Å². The number of unbranched alkanes of at least 4 members (excludes halogenated alkanes) is 1. The van der Waals surface area contributed by atoms with Crippen molar-refractivity contribution in [3.63, 3.8) is 0 Å². The molecule has 1 atom stereocenters. The predicted octanol–water partition coefficient (Wildman–Crippen LogP) is 2.02. The maximum atomic E-state index is 4.64. The van der Waals surface area contributed by atoms with Crippen molar-refractivity contribution < 1.29 is 0 Å². The van der Waals surface area contributed by atoms with Crippen molar-refractivity contribution in [1.29, 1.82) is 0 Å². The fourth-order valence-corrected chi connectivity index (χ4v) is 3.15. The number of hydrogen-bond acceptors (Lipinski definition) is 4. The van der Waals surface area contributed by atoms with Crippen LogP contribution in [0.2, 0.25) is 0 Å². The van der Waals surface area contributed by atoms with Crippen molar-refractivity contribution in [2.45, 2.75) is 58.0 Å². The van der Waals surface area contributed by atoms with Crippen LogP contribution in [0.25, 0.3) is 0 Å². The fraction of sp³-hybridized carbons (Fsp3) is 0.812. The molecular formula is C16H30N6S. The topological polar surface area (TPSA) is 67.1 Å². The first kappa shape index (κ1) is 18.1. The Balaban J connectivity index is 1.80. The number of guanidine groups is 1. The van der Waals surface area contributed by atoms with Crippen LogP contribution in [0.5, 0.6) is 0 Å². The average molecular weight is 339 g/mol. The second-order valence-electron chi connectivity index (χ2n) is 6.30. The SMILES string of the molecule is CN=C(NCCCCSC)NC1CCc2nc(C(C)C)nn2C1. The largest absolute Gasteiger partial charge is 0.356 e. The van der Waals surface area contributed by atoms with Crippen LogP contribution in [-0.2, 0) is 13.0 Å². The van der Waals surface area contributed by atoms with Crippen LogP contribution in [0.1, 0.15) is 50.7 Å². The van der Waals surface area contributed by atoms with Gasteiger partial charge in [0, 0.05) is 32.0 Å². The van der Waals surface area contributed by atoms with Gasteiger partial charge in [0.25, 0.3) is 0 Å². The van der Waals surface area contributed by atoms with Gasteiger partial charge in [-0.25, -0.2) is 9.67 Å². The molecule has 6 nitrogen and oxygen atoms in total. The van der Waals surface area contributed by atoms with Crippen LogP contribution in [0, 0.1) is 0 Å². The molecule has 2 heterocycles. The summed E-state index contributed by atoms with van der Waals surface area (Å²) >= 11 is 1.90. The van der Waals surface area contributed by atoms with Crippen molar-refractivity contribution >= 4 is 17.7 Å². The van der Waals surface area contributed by atoms with Gasteiger partial charge in [-0.2, -0.15) is 16.9 Å². The first-order chi connectivity index (χ1) is 11.1. The van der Waals surface area contributed by atoms with Gasteiger partial charge in [-0.05, 0) is 31.3 Å². The highest BCUT2D eigenvalue weighted by Crippen LogP contribution is 2.16. The number of aliphatic imine (C=N–C) groups is 1. The lowest BCUT2D eigenvalue weighted by Crippen LogP contribution is -2.47. The second kappa shape index (κ2) is 9.15. The summed E-state index contributed by atoms with van der Waals surface area (Å²) in [4.78, 5) is 8.97. The Morgan fingerprint density at radius 1 is 1.43 bits per heavy atom. The van der Waals surface area contributed by atoms with Crippen molar-refractivity contribution in [3.8, 4) is 0 Å². The highest BCUT2D eigenvalue weighted by atomic mass is 32.2. The number of nitrogens with one attached hydrogen (secondary N) is 2. The van der Waals surface area contributed by atoms with Crippen LogP contribution in [0.4, 0.5) is 0 Å². The van der Waals surface area contributed by atoms with E-state index in [-0.39, 0.29) is 0 Å². The molecule has 7 heteroatoms. The van der Waals surface area contributed by atoms with Gasteiger partial charge in [-0.3, -0.25) is 4.99 Å². The first-order valence-electron chi connectivity index (χ1n) is 8.53. The molecule has 0 aromatic carbocycles. The van der Waals surface area contributed by atoms with Gasteiger partial charge >= 0.3 is 0 Å². The van der Waals surface area contributed by atoms with Gasteiger partial charge < -0.3 is 10.6 Å². The third kappa shape index (κ3) is 5.41. The van der Waals surface area contributed by atoms with Gasteiger partial charge in [0.2, 0.25) is 0 Å². The summed E-state index contributed by atoms with van der Waals surface area (Å²) in [7, 11) is 1.83. The van der Waals surface area contributed by atoms with Crippen LogP contribution in [-0.4, -0.2) is 52.4 Å². The molecule has 0 spiro atoms. The van der Waals surface area contributed by atoms with E-state index in [1.165, 1.54) is 18.6 Å². The molecular weight excluding hydrogens is 308 g/mol. The summed E-state index contributed by atoms with van der Waals surface area (Å²) in [5.41, 5.74) is 0. The summed E-state index contributed by atoms with van der Waals surface area (Å²) in [6.45, 7) is 6.11. The lowest BCUT2D eigenvalue weighted by atomic mass is 10.1. The maximum Gasteiger partial charge on any atom is 0.191 e. The van der Waals surface area contributed by atoms with Gasteiger partial charge in [-0.15, -0.1) is 0 Å². The second-order valence-corrected chi connectivity index (χ2v) is 7.29. The minimum absolute atomic E-state index is 0.363. The molecule has 0 saturated heterocycles. The zero-order valence-corrected chi connectivity index (χ0v) is 15.6. The minimum atomic E-state index is 0.363. The molecule has 23 heavy (non-hydrogen) atoms. The summed E-state index contributed by atoms with van der Waals surface area (Å²) in [5, 5.41) is 11.6. The molecule has 0 saturated carbocycles. The number of thioether (sulfide) groups is 1. The lowest BCUT2D eigenvalue weighted by Gasteiger charge is -2.25. The third-order valence-corrected chi connectivity index (χ3v) is 4.72. The molecule has 1 aromatic heterocycles. The summed E-state index contributed by atoms with van der Waals surface area (Å²) in [6.07, 6.45) is 6.62. The third-order valence-electron chi connectivity index (χ3n) is 4.02. The normalized spacial score (nSPS) is 18.1. The average Bonchev–Trinajstić information content (AvgIpc) is 2.97. The number of fused-ring (bicyclic) bond motifs is 1. The van der Waals surface area contributed by atoms with Gasteiger partial charge in [-0.1, -0.05) is 13.8 Å². The zero-order chi connectivity index (χ0) is 16.7. The molecule has 1 aliphatic heterocycles. The quantitative estimate of drug-likeness (QED) is 0.452. The van der Waals surface area contributed by atoms with E-state index >= 15 is 0 Å². The fourth-order valence-electron chi connectivity index (χ4n) is 2.66. The Morgan fingerprint density at radius 3 is 2.96 bits per heavy atom. The van der Waals surface area contributed by atoms with Crippen molar-refractivity contribution in [3.05, 3.63) is 11.6 Å². The molecule has 2 N–H and O–H groups in total. The molecule has 0 radical (unpaired) electrons. The number of aromatic nitrogens is 3. The standard InChI is InChI=1S/C16H30N6S/c1-12(2)15-20-14-8-7-13(11-22(14)21-15)19-16(17-3)18-9-5-6-10-23-4/h12-13H,5-11H2,1-4H3,(H2,17,18,19). The number of nitrogens with zero attached hydrogens (tertiary/aromatic N) is 4. The van der Waals surface area contributed by atoms with Crippen molar-refractivity contribution in [2.75, 3.05) is 25.6 Å². The Kier molecular flexibility index (Phi) is 7.20. The van der Waals surface area contributed by atoms with Crippen molar-refractivity contribution in [2.24, 2.45) is 4.99 Å². The number of rotatable bonds is 7. The number of hydrogen-bond donors (Lipinski definition) is 2. The minimum Gasteiger partial charge on any atom is -0.356 e. The van der Waals surface area contributed by atoms with E-state index in [1.807, 2.05) is 18.8 Å². The van der Waals surface area contributed by atoms with E-state index < -0.39 is 0 Å². The van der Waals surface area contributed by atoms with Gasteiger partial charge in [0.1, 0.15) is 5.82 Å². The monoisotopic (exact) mass is 338 g/mol. The Bertz CT molecular complexity index is 511. The maximum absolute atomic E-state index is 4.64. The molecule has 1 unspecified atom stereocenters. The summed E-state index contributed by atoms with van der Waals surface area (Å²) < 4.78 is 2.06.